The maximum atomic E-state index is 5.47. The van der Waals surface area contributed by atoms with Crippen LogP contribution in [0.3, 0.4) is 0 Å². The molecule has 0 aromatic carbocycles. The third-order valence-corrected chi connectivity index (χ3v) is 2.41. The molecule has 0 N–H and O–H groups in total. The van der Waals surface area contributed by atoms with Gasteiger partial charge in [0.25, 0.3) is 0 Å². The molecule has 1 heterocycles. The van der Waals surface area contributed by atoms with Crippen molar-refractivity contribution in [2.45, 2.75) is 37.9 Å². The molecule has 0 radical (unpaired) electrons. The summed E-state index contributed by atoms with van der Waals surface area (Å²) in [6.45, 7) is 0. The first-order chi connectivity index (χ1) is 5.40. The van der Waals surface area contributed by atoms with E-state index in [-0.39, 0.29) is 0 Å². The number of rotatable bonds is 1. The van der Waals surface area contributed by atoms with Crippen LogP contribution in [0.5, 0.6) is 0 Å². The van der Waals surface area contributed by atoms with E-state index < -0.39 is 7.32 Å². The standard InChI is InChI=1S/C7H13BO3/c1-9-8-10-6-4-2-3-5-7(6)11-8/h6-7H,2-5H2,1H3. The zero-order valence-electron chi connectivity index (χ0n) is 6.79. The van der Waals surface area contributed by atoms with Crippen molar-refractivity contribution >= 4 is 7.32 Å². The van der Waals surface area contributed by atoms with Crippen molar-refractivity contribution in [2.24, 2.45) is 0 Å². The average Bonchev–Trinajstić information content (AvgIpc) is 2.46. The van der Waals surface area contributed by atoms with Gasteiger partial charge in [-0.3, -0.25) is 0 Å². The fraction of sp³-hybridized carbons (Fsp3) is 1.00. The molecule has 4 heteroatoms. The van der Waals surface area contributed by atoms with Crippen LogP contribution in [0.4, 0.5) is 0 Å². The predicted octanol–water partition coefficient (Wildman–Crippen LogP) is 0.976. The van der Waals surface area contributed by atoms with E-state index in [1.807, 2.05) is 0 Å². The minimum atomic E-state index is -0.400. The van der Waals surface area contributed by atoms with Crippen LogP contribution in [-0.4, -0.2) is 26.6 Å². The van der Waals surface area contributed by atoms with Crippen LogP contribution in [0.2, 0.25) is 0 Å². The van der Waals surface area contributed by atoms with Crippen LogP contribution in [-0.2, 0) is 14.0 Å². The van der Waals surface area contributed by atoms with Crippen LogP contribution in [0.25, 0.3) is 0 Å². The van der Waals surface area contributed by atoms with Crippen molar-refractivity contribution in [1.29, 1.82) is 0 Å². The second-order valence-corrected chi connectivity index (χ2v) is 3.16. The molecule has 0 aromatic heterocycles. The normalized spacial score (nSPS) is 37.4. The number of hydrogen-bond acceptors (Lipinski definition) is 3. The van der Waals surface area contributed by atoms with Gasteiger partial charge in [0.15, 0.2) is 0 Å². The summed E-state index contributed by atoms with van der Waals surface area (Å²) in [4.78, 5) is 0. The van der Waals surface area contributed by atoms with E-state index >= 15 is 0 Å². The highest BCUT2D eigenvalue weighted by Crippen LogP contribution is 2.29. The lowest BCUT2D eigenvalue weighted by atomic mass is 9.95. The Kier molecular flexibility index (Phi) is 2.16. The molecule has 2 unspecified atom stereocenters. The molecule has 2 rings (SSSR count). The summed E-state index contributed by atoms with van der Waals surface area (Å²) in [5.41, 5.74) is 0. The Balaban J connectivity index is 1.92. The Bertz CT molecular complexity index is 128. The van der Waals surface area contributed by atoms with Gasteiger partial charge in [-0.05, 0) is 12.8 Å². The molecular formula is C7H13BO3. The van der Waals surface area contributed by atoms with E-state index in [0.29, 0.717) is 12.2 Å². The van der Waals surface area contributed by atoms with E-state index in [4.69, 9.17) is 14.0 Å². The summed E-state index contributed by atoms with van der Waals surface area (Å²) in [6.07, 6.45) is 5.39. The SMILES string of the molecule is COB1OC2CCCCC2O1. The van der Waals surface area contributed by atoms with Crippen molar-refractivity contribution in [3.05, 3.63) is 0 Å². The molecular weight excluding hydrogens is 143 g/mol. The molecule has 1 aliphatic carbocycles. The minimum Gasteiger partial charge on any atom is -0.389 e. The van der Waals surface area contributed by atoms with Crippen molar-refractivity contribution in [1.82, 2.24) is 0 Å². The highest BCUT2D eigenvalue weighted by atomic mass is 16.8. The molecule has 1 aliphatic heterocycles. The molecule has 2 atom stereocenters. The lowest BCUT2D eigenvalue weighted by molar-refractivity contribution is 0.110. The molecule has 0 bridgehead atoms. The van der Waals surface area contributed by atoms with Crippen LogP contribution in [0, 0.1) is 0 Å². The summed E-state index contributed by atoms with van der Waals surface area (Å²) in [7, 11) is 1.21. The Labute approximate surface area is 67.2 Å². The van der Waals surface area contributed by atoms with Crippen LogP contribution in [0.15, 0.2) is 0 Å². The van der Waals surface area contributed by atoms with Crippen LogP contribution < -0.4 is 0 Å². The Morgan fingerprint density at radius 3 is 2.18 bits per heavy atom. The molecule has 0 spiro atoms. The van der Waals surface area contributed by atoms with Crippen LogP contribution >= 0.6 is 0 Å². The minimum absolute atomic E-state index is 0.300. The second kappa shape index (κ2) is 3.13. The van der Waals surface area contributed by atoms with E-state index in [9.17, 15) is 0 Å². The summed E-state index contributed by atoms with van der Waals surface area (Å²) in [5, 5.41) is 0. The highest BCUT2D eigenvalue weighted by Gasteiger charge is 2.41. The summed E-state index contributed by atoms with van der Waals surface area (Å²) >= 11 is 0. The fourth-order valence-electron chi connectivity index (χ4n) is 1.80. The smallest absolute Gasteiger partial charge is 0.389 e. The summed E-state index contributed by atoms with van der Waals surface area (Å²) in [6, 6.07) is 0. The van der Waals surface area contributed by atoms with Crippen molar-refractivity contribution in [2.75, 3.05) is 7.11 Å². The molecule has 0 aromatic rings. The van der Waals surface area contributed by atoms with Gasteiger partial charge in [0.05, 0.1) is 12.2 Å². The number of hydrogen-bond donors (Lipinski definition) is 0. The van der Waals surface area contributed by atoms with Crippen molar-refractivity contribution in [3.63, 3.8) is 0 Å². The topological polar surface area (TPSA) is 27.7 Å². The molecule has 2 fully saturated rings. The second-order valence-electron chi connectivity index (χ2n) is 3.16. The van der Waals surface area contributed by atoms with Crippen molar-refractivity contribution < 1.29 is 14.0 Å². The van der Waals surface area contributed by atoms with Gasteiger partial charge < -0.3 is 14.0 Å². The predicted molar refractivity (Wildman–Crippen MR) is 41.0 cm³/mol. The van der Waals surface area contributed by atoms with Gasteiger partial charge >= 0.3 is 7.32 Å². The molecule has 2 aliphatic rings. The largest absolute Gasteiger partial charge is 0.639 e. The lowest BCUT2D eigenvalue weighted by Crippen LogP contribution is -2.25. The van der Waals surface area contributed by atoms with E-state index in [0.717, 1.165) is 12.8 Å². The van der Waals surface area contributed by atoms with Gasteiger partial charge in [0.2, 0.25) is 0 Å². The molecule has 0 amide bonds. The highest BCUT2D eigenvalue weighted by molar-refractivity contribution is 6.37. The van der Waals surface area contributed by atoms with E-state index in [1.165, 1.54) is 12.8 Å². The van der Waals surface area contributed by atoms with Gasteiger partial charge in [0, 0.05) is 7.11 Å². The van der Waals surface area contributed by atoms with E-state index in [1.54, 1.807) is 7.11 Å². The molecule has 1 saturated carbocycles. The van der Waals surface area contributed by atoms with Gasteiger partial charge in [0.1, 0.15) is 0 Å². The lowest BCUT2D eigenvalue weighted by Gasteiger charge is -2.22. The average molecular weight is 156 g/mol. The third kappa shape index (κ3) is 1.43. The third-order valence-electron chi connectivity index (χ3n) is 2.41. The number of fused-ring (bicyclic) bond motifs is 1. The summed E-state index contributed by atoms with van der Waals surface area (Å²) < 4.78 is 15.9. The van der Waals surface area contributed by atoms with E-state index in [2.05, 4.69) is 0 Å². The summed E-state index contributed by atoms with van der Waals surface area (Å²) in [5.74, 6) is 0. The Hall–Kier alpha value is -0.0551. The first kappa shape index (κ1) is 7.59. The van der Waals surface area contributed by atoms with Gasteiger partial charge in [-0.25, -0.2) is 0 Å². The zero-order valence-corrected chi connectivity index (χ0v) is 6.79. The molecule has 62 valence electrons. The van der Waals surface area contributed by atoms with Gasteiger partial charge in [-0.15, -0.1) is 0 Å². The van der Waals surface area contributed by atoms with Crippen LogP contribution in [0.1, 0.15) is 25.7 Å². The van der Waals surface area contributed by atoms with Crippen molar-refractivity contribution in [3.8, 4) is 0 Å². The maximum Gasteiger partial charge on any atom is 0.639 e. The quantitative estimate of drug-likeness (QED) is 0.529. The monoisotopic (exact) mass is 156 g/mol. The molecule has 1 saturated heterocycles. The molecule has 11 heavy (non-hydrogen) atoms. The molecule has 3 nitrogen and oxygen atoms in total. The first-order valence-corrected chi connectivity index (χ1v) is 4.24. The fourth-order valence-corrected chi connectivity index (χ4v) is 1.80. The van der Waals surface area contributed by atoms with Gasteiger partial charge in [-0.1, -0.05) is 12.8 Å². The van der Waals surface area contributed by atoms with Gasteiger partial charge in [-0.2, -0.15) is 0 Å². The maximum absolute atomic E-state index is 5.47. The Morgan fingerprint density at radius 1 is 1.18 bits per heavy atom. The first-order valence-electron chi connectivity index (χ1n) is 4.24. The zero-order chi connectivity index (χ0) is 7.68. The Morgan fingerprint density at radius 2 is 1.73 bits per heavy atom.